The van der Waals surface area contributed by atoms with Crippen LogP contribution in [0.3, 0.4) is 0 Å². The summed E-state index contributed by atoms with van der Waals surface area (Å²) in [5, 5.41) is 0. The number of amides is 1. The van der Waals surface area contributed by atoms with Crippen LogP contribution >= 0.6 is 0 Å². The van der Waals surface area contributed by atoms with E-state index in [1.807, 2.05) is 23.1 Å². The van der Waals surface area contributed by atoms with Gasteiger partial charge in [-0.25, -0.2) is 8.42 Å². The molecule has 0 aromatic heterocycles. The highest BCUT2D eigenvalue weighted by Crippen LogP contribution is 2.38. The molecule has 3 aliphatic rings. The Bertz CT molecular complexity index is 1070. The second kappa shape index (κ2) is 7.50. The summed E-state index contributed by atoms with van der Waals surface area (Å²) in [6.45, 7) is 2.27. The monoisotopic (exact) mass is 428 g/mol. The summed E-state index contributed by atoms with van der Waals surface area (Å²) in [5.74, 6) is 1.62. The van der Waals surface area contributed by atoms with Crippen molar-refractivity contribution < 1.29 is 22.7 Å². The zero-order chi connectivity index (χ0) is 20.7. The Morgan fingerprint density at radius 2 is 1.70 bits per heavy atom. The van der Waals surface area contributed by atoms with Gasteiger partial charge in [0, 0.05) is 18.7 Å². The van der Waals surface area contributed by atoms with Crippen molar-refractivity contribution in [2.45, 2.75) is 25.3 Å². The highest BCUT2D eigenvalue weighted by Gasteiger charge is 2.32. The lowest BCUT2D eigenvalue weighted by atomic mass is 10.0. The number of benzene rings is 2. The van der Waals surface area contributed by atoms with Crippen LogP contribution in [0.1, 0.15) is 41.2 Å². The Balaban J connectivity index is 1.36. The van der Waals surface area contributed by atoms with Crippen LogP contribution in [0.2, 0.25) is 0 Å². The van der Waals surface area contributed by atoms with Crippen molar-refractivity contribution in [1.29, 1.82) is 0 Å². The van der Waals surface area contributed by atoms with Crippen LogP contribution in [-0.2, 0) is 10.0 Å². The summed E-state index contributed by atoms with van der Waals surface area (Å²) in [6, 6.07) is 12.8. The number of hydrogen-bond acceptors (Lipinski definition) is 5. The Kier molecular flexibility index (Phi) is 4.81. The molecule has 0 aliphatic carbocycles. The summed E-state index contributed by atoms with van der Waals surface area (Å²) in [4.78, 5) is 15.1. The lowest BCUT2D eigenvalue weighted by molar-refractivity contribution is 0.0735. The third-order valence-corrected chi connectivity index (χ3v) is 7.84. The topological polar surface area (TPSA) is 76.2 Å². The SMILES string of the molecule is O=C(c1ccc(N2CCCS2(=O)=O)cc1)N1CCCC1c1ccc2c(c1)OCCO2. The Hall–Kier alpha value is -2.74. The minimum Gasteiger partial charge on any atom is -0.486 e. The molecule has 1 unspecified atom stereocenters. The standard InChI is InChI=1S/C22H24N2O5S/c25-22(16-4-7-18(8-5-16)24-11-2-14-30(24,26)27)23-10-1-3-19(23)17-6-9-20-21(15-17)29-13-12-28-20/h4-9,15,19H,1-3,10-14H2. The number of fused-ring (bicyclic) bond motifs is 1. The van der Waals surface area contributed by atoms with Crippen molar-refractivity contribution in [3.63, 3.8) is 0 Å². The first kappa shape index (κ1) is 19.2. The summed E-state index contributed by atoms with van der Waals surface area (Å²) in [5.41, 5.74) is 2.23. The second-order valence-corrected chi connectivity index (χ2v) is 9.86. The van der Waals surface area contributed by atoms with E-state index in [1.54, 1.807) is 24.3 Å². The number of likely N-dealkylation sites (tertiary alicyclic amines) is 1. The van der Waals surface area contributed by atoms with E-state index in [-0.39, 0.29) is 17.7 Å². The zero-order valence-corrected chi connectivity index (χ0v) is 17.4. The van der Waals surface area contributed by atoms with E-state index in [4.69, 9.17) is 9.47 Å². The first-order valence-corrected chi connectivity index (χ1v) is 11.9. The predicted octanol–water partition coefficient (Wildman–Crippen LogP) is 2.98. The molecule has 158 valence electrons. The molecule has 2 aromatic rings. The minimum atomic E-state index is -3.23. The molecule has 0 radical (unpaired) electrons. The smallest absolute Gasteiger partial charge is 0.254 e. The second-order valence-electron chi connectivity index (χ2n) is 7.85. The van der Waals surface area contributed by atoms with Crippen LogP contribution < -0.4 is 13.8 Å². The predicted molar refractivity (Wildman–Crippen MR) is 113 cm³/mol. The van der Waals surface area contributed by atoms with E-state index >= 15 is 0 Å². The number of carbonyl (C=O) groups is 1. The molecule has 2 fully saturated rings. The van der Waals surface area contributed by atoms with E-state index in [0.29, 0.717) is 44.0 Å². The fraction of sp³-hybridized carbons (Fsp3) is 0.409. The lowest BCUT2D eigenvalue weighted by Crippen LogP contribution is -2.31. The summed E-state index contributed by atoms with van der Waals surface area (Å²) < 4.78 is 37.0. The quantitative estimate of drug-likeness (QED) is 0.751. The first-order valence-electron chi connectivity index (χ1n) is 10.3. The molecule has 3 aliphatic heterocycles. The number of sulfonamides is 1. The molecule has 2 saturated heterocycles. The summed E-state index contributed by atoms with van der Waals surface area (Å²) in [7, 11) is -3.23. The van der Waals surface area contributed by atoms with Gasteiger partial charge < -0.3 is 14.4 Å². The van der Waals surface area contributed by atoms with Crippen molar-refractivity contribution in [3.05, 3.63) is 53.6 Å². The number of nitrogens with zero attached hydrogens (tertiary/aromatic N) is 2. The molecule has 5 rings (SSSR count). The number of carbonyl (C=O) groups excluding carboxylic acids is 1. The van der Waals surface area contributed by atoms with Gasteiger partial charge in [0.1, 0.15) is 13.2 Å². The van der Waals surface area contributed by atoms with E-state index in [9.17, 15) is 13.2 Å². The summed E-state index contributed by atoms with van der Waals surface area (Å²) >= 11 is 0. The third-order valence-electron chi connectivity index (χ3n) is 5.97. The minimum absolute atomic E-state index is 0.00744. The van der Waals surface area contributed by atoms with Crippen molar-refractivity contribution >= 4 is 21.6 Å². The molecule has 30 heavy (non-hydrogen) atoms. The molecule has 0 N–H and O–H groups in total. The number of ether oxygens (including phenoxy) is 2. The van der Waals surface area contributed by atoms with E-state index in [1.165, 1.54) is 4.31 Å². The highest BCUT2D eigenvalue weighted by molar-refractivity contribution is 7.93. The average Bonchev–Trinajstić information content (AvgIpc) is 3.39. The molecular weight excluding hydrogens is 404 g/mol. The Morgan fingerprint density at radius 1 is 0.933 bits per heavy atom. The van der Waals surface area contributed by atoms with Gasteiger partial charge in [-0.1, -0.05) is 6.07 Å². The van der Waals surface area contributed by atoms with E-state index in [2.05, 4.69) is 0 Å². The van der Waals surface area contributed by atoms with Crippen LogP contribution in [0.5, 0.6) is 11.5 Å². The van der Waals surface area contributed by atoms with Crippen LogP contribution in [0.25, 0.3) is 0 Å². The first-order chi connectivity index (χ1) is 14.5. The van der Waals surface area contributed by atoms with E-state index < -0.39 is 10.0 Å². The molecular formula is C22H24N2O5S. The number of hydrogen-bond donors (Lipinski definition) is 0. The number of rotatable bonds is 3. The summed E-state index contributed by atoms with van der Waals surface area (Å²) in [6.07, 6.45) is 2.47. The number of anilines is 1. The molecule has 1 atom stereocenters. The molecule has 0 bridgehead atoms. The average molecular weight is 429 g/mol. The van der Waals surface area contributed by atoms with Gasteiger partial charge in [0.25, 0.3) is 5.91 Å². The van der Waals surface area contributed by atoms with Gasteiger partial charge >= 0.3 is 0 Å². The van der Waals surface area contributed by atoms with Gasteiger partial charge in [0.2, 0.25) is 10.0 Å². The van der Waals surface area contributed by atoms with Crippen molar-refractivity contribution in [2.24, 2.45) is 0 Å². The van der Waals surface area contributed by atoms with Gasteiger partial charge in [-0.05, 0) is 61.2 Å². The van der Waals surface area contributed by atoms with Crippen molar-refractivity contribution in [3.8, 4) is 11.5 Å². The van der Waals surface area contributed by atoms with Crippen LogP contribution in [0.4, 0.5) is 5.69 Å². The van der Waals surface area contributed by atoms with E-state index in [0.717, 1.165) is 29.9 Å². The molecule has 1 amide bonds. The van der Waals surface area contributed by atoms with Crippen molar-refractivity contribution in [1.82, 2.24) is 4.90 Å². The highest BCUT2D eigenvalue weighted by atomic mass is 32.2. The van der Waals surface area contributed by atoms with Gasteiger partial charge in [0.15, 0.2) is 11.5 Å². The molecule has 0 spiro atoms. The van der Waals surface area contributed by atoms with Crippen molar-refractivity contribution in [2.75, 3.05) is 36.4 Å². The molecule has 2 aromatic carbocycles. The van der Waals surface area contributed by atoms with Crippen LogP contribution in [0.15, 0.2) is 42.5 Å². The fourth-order valence-corrected chi connectivity index (χ4v) is 6.05. The van der Waals surface area contributed by atoms with Crippen LogP contribution in [0, 0.1) is 0 Å². The van der Waals surface area contributed by atoms with Gasteiger partial charge in [-0.2, -0.15) is 0 Å². The van der Waals surface area contributed by atoms with Crippen LogP contribution in [-0.4, -0.2) is 51.3 Å². The Morgan fingerprint density at radius 3 is 2.43 bits per heavy atom. The maximum absolute atomic E-state index is 13.2. The Labute approximate surface area is 176 Å². The fourth-order valence-electron chi connectivity index (χ4n) is 4.49. The zero-order valence-electron chi connectivity index (χ0n) is 16.6. The molecule has 7 nitrogen and oxygen atoms in total. The molecule has 0 saturated carbocycles. The normalized spacial score (nSPS) is 22.3. The molecule has 3 heterocycles. The van der Waals surface area contributed by atoms with Gasteiger partial charge in [-0.3, -0.25) is 9.10 Å². The van der Waals surface area contributed by atoms with Gasteiger partial charge in [-0.15, -0.1) is 0 Å². The van der Waals surface area contributed by atoms with Gasteiger partial charge in [0.05, 0.1) is 17.5 Å². The third kappa shape index (κ3) is 3.39. The maximum Gasteiger partial charge on any atom is 0.254 e. The lowest BCUT2D eigenvalue weighted by Gasteiger charge is -2.27. The maximum atomic E-state index is 13.2. The molecule has 8 heteroatoms. The largest absolute Gasteiger partial charge is 0.486 e.